The second-order valence-corrected chi connectivity index (χ2v) is 25.0. The summed E-state index contributed by atoms with van der Waals surface area (Å²) in [6, 6.07) is 15.7. The Morgan fingerprint density at radius 3 is 2.19 bits per heavy atom. The van der Waals surface area contributed by atoms with Crippen molar-refractivity contribution in [3.63, 3.8) is 0 Å². The molecule has 1 fully saturated rings. The highest BCUT2D eigenvalue weighted by Crippen LogP contribution is 2.44. The number of thiazole rings is 4. The summed E-state index contributed by atoms with van der Waals surface area (Å²) < 4.78 is 6.22. The number of phenols is 1. The number of aliphatic hydroxyl groups excluding tert-OH is 1. The van der Waals surface area contributed by atoms with Gasteiger partial charge in [-0.3, -0.25) is 33.8 Å². The van der Waals surface area contributed by atoms with E-state index in [1.54, 1.807) is 41.9 Å². The van der Waals surface area contributed by atoms with Gasteiger partial charge < -0.3 is 41.6 Å². The van der Waals surface area contributed by atoms with Gasteiger partial charge in [-0.1, -0.05) is 56.3 Å². The number of aryl methyl sites for hydroxylation is 1. The SMILES string of the molecule is CCC1CC(Cc2ccccc2)C2=NC(CS2)C(=O)NC(Cc2ccc(O)cc2)C(=O)N2C(O)CC(C)C2c2nc(cs2)-c2nc(cs2)-c2nc(-c3nc(C(N)=O)cs3)ccc2-c2nc(c(C)o2)C(=O)NC(CC(N)=O)c2nc(cs2)C1=O. The molecule has 426 valence electrons. The first kappa shape index (κ1) is 57.0. The molecule has 6 aromatic heterocycles. The number of primary amides is 2. The summed E-state index contributed by atoms with van der Waals surface area (Å²) in [6.45, 7) is 5.41. The predicted molar refractivity (Wildman–Crippen MR) is 316 cm³/mol. The summed E-state index contributed by atoms with van der Waals surface area (Å²) in [5.41, 5.74) is 14.9. The number of Topliss-reactive ketones (excluding diaryl/α,β-unsaturated/α-hetero) is 1. The van der Waals surface area contributed by atoms with Gasteiger partial charge in [0.15, 0.2) is 11.5 Å². The fourth-order valence-corrected chi connectivity index (χ4v) is 15.2. The lowest BCUT2D eigenvalue weighted by molar-refractivity contribution is -0.145. The summed E-state index contributed by atoms with van der Waals surface area (Å²) in [7, 11) is 0. The number of aliphatic hydroxyl groups is 1. The number of carbonyl (C=O) groups excluding carboxylic acids is 6. The zero-order valence-electron chi connectivity index (χ0n) is 44.8. The standard InChI is InChI=1S/C57H54N12O9S5/c1-4-30-19-31(17-28-8-6-5-7-9-28)52-66-40(24-79-52)49(75)62-36(18-29-10-12-32(70)13-11-29)57(77)69-43(72)16-26(2)46(69)56-67-41(25-83-56)55-63-37(21-80-55)45-33(14-15-34(60-45)53-65-39(23-82-53)48(59)74)51-68-44(27(3)78-51)50(76)61-35(20-42(58)71)54-64-38(22-81-54)47(30)73/h5-15,21-23,25-26,30-31,35-36,40,43,46,70,72H,4,16-20,24H2,1-3H3,(H2,58,71)(H2,59,74)(H,61,76)(H,62,75). The van der Waals surface area contributed by atoms with E-state index in [4.69, 9.17) is 40.8 Å². The van der Waals surface area contributed by atoms with Crippen LogP contribution < -0.4 is 22.1 Å². The molecule has 8 atom stereocenters. The maximum Gasteiger partial charge on any atom is 0.274 e. The molecule has 8 N–H and O–H groups in total. The van der Waals surface area contributed by atoms with E-state index < -0.39 is 65.8 Å². The monoisotopic (exact) mass is 1210 g/mol. The number of pyridine rings is 1. The van der Waals surface area contributed by atoms with Gasteiger partial charge >= 0.3 is 0 Å². The van der Waals surface area contributed by atoms with Crippen LogP contribution in [0.3, 0.4) is 0 Å². The fourth-order valence-electron chi connectivity index (χ4n) is 10.5. The van der Waals surface area contributed by atoms with Crippen LogP contribution in [0, 0.1) is 24.7 Å². The zero-order valence-corrected chi connectivity index (χ0v) is 48.8. The molecule has 11 rings (SSSR count). The molecule has 0 saturated carbocycles. The Morgan fingerprint density at radius 2 is 1.45 bits per heavy atom. The number of rotatable bonds is 9. The molecule has 8 aromatic rings. The van der Waals surface area contributed by atoms with Crippen molar-refractivity contribution in [1.29, 1.82) is 0 Å². The molecule has 9 heterocycles. The third kappa shape index (κ3) is 12.2. The number of nitrogens with one attached hydrogen (secondary N) is 2. The Hall–Kier alpha value is -7.88. The second kappa shape index (κ2) is 24.1. The van der Waals surface area contributed by atoms with Crippen LogP contribution in [0.2, 0.25) is 0 Å². The van der Waals surface area contributed by atoms with E-state index in [9.17, 15) is 34.2 Å². The predicted octanol–water partition coefficient (Wildman–Crippen LogP) is 7.96. The van der Waals surface area contributed by atoms with Crippen molar-refractivity contribution >= 4 is 97.5 Å². The van der Waals surface area contributed by atoms with Gasteiger partial charge in [-0.2, -0.15) is 0 Å². The fraction of sp³-hybridized carbons (Fsp3) is 0.316. The Bertz CT molecular complexity index is 3820. The summed E-state index contributed by atoms with van der Waals surface area (Å²) in [5.74, 6) is -4.10. The highest BCUT2D eigenvalue weighted by Gasteiger charge is 2.46. The van der Waals surface area contributed by atoms with Crippen molar-refractivity contribution in [3.8, 4) is 50.0 Å². The lowest BCUT2D eigenvalue weighted by atomic mass is 9.85. The van der Waals surface area contributed by atoms with Gasteiger partial charge in [-0.05, 0) is 73.9 Å². The van der Waals surface area contributed by atoms with Crippen molar-refractivity contribution in [1.82, 2.24) is 45.4 Å². The van der Waals surface area contributed by atoms with Gasteiger partial charge in [0, 0.05) is 45.5 Å². The van der Waals surface area contributed by atoms with Crippen molar-refractivity contribution in [2.75, 3.05) is 5.75 Å². The van der Waals surface area contributed by atoms with Crippen molar-refractivity contribution < 1.29 is 43.4 Å². The molecule has 26 heteroatoms. The number of fused-ring (bicyclic) bond motifs is 15. The normalized spacial score (nSPS) is 22.3. The minimum absolute atomic E-state index is 0.00418. The van der Waals surface area contributed by atoms with E-state index in [0.29, 0.717) is 67.5 Å². The van der Waals surface area contributed by atoms with Crippen molar-refractivity contribution in [2.24, 2.45) is 34.2 Å². The van der Waals surface area contributed by atoms with E-state index in [1.807, 2.05) is 49.6 Å². The number of ketones is 1. The summed E-state index contributed by atoms with van der Waals surface area (Å²) in [4.78, 5) is 119. The molecular weight excluding hydrogens is 1160 g/mol. The quantitative estimate of drug-likeness (QED) is 0.0798. The third-order valence-electron chi connectivity index (χ3n) is 14.7. The number of hydrogen-bond donors (Lipinski definition) is 6. The number of phenolic OH excluding ortho intramolecular Hbond substituents is 1. The highest BCUT2D eigenvalue weighted by molar-refractivity contribution is 8.14. The molecule has 1 saturated heterocycles. The molecule has 8 unspecified atom stereocenters. The maximum absolute atomic E-state index is 15.2. The molecule has 0 aliphatic carbocycles. The topological polar surface area (TPSA) is 325 Å². The van der Waals surface area contributed by atoms with Crippen LogP contribution in [-0.4, -0.2) is 109 Å². The number of aromatic hydroxyl groups is 1. The van der Waals surface area contributed by atoms with Crippen molar-refractivity contribution in [2.45, 2.75) is 89.7 Å². The number of benzene rings is 2. The first-order chi connectivity index (χ1) is 40.0. The van der Waals surface area contributed by atoms with E-state index >= 15 is 4.79 Å². The highest BCUT2D eigenvalue weighted by atomic mass is 32.2. The van der Waals surface area contributed by atoms with Gasteiger partial charge in [0.05, 0.1) is 34.8 Å². The Labute approximate surface area is 495 Å². The van der Waals surface area contributed by atoms with Crippen LogP contribution in [-0.2, 0) is 27.2 Å². The van der Waals surface area contributed by atoms with Crippen LogP contribution in [0.5, 0.6) is 5.75 Å². The third-order valence-corrected chi connectivity index (χ3v) is 19.5. The van der Waals surface area contributed by atoms with Gasteiger partial charge in [0.1, 0.15) is 78.3 Å². The minimum Gasteiger partial charge on any atom is -0.508 e. The minimum atomic E-state index is -1.22. The lowest BCUT2D eigenvalue weighted by Crippen LogP contribution is -2.53. The van der Waals surface area contributed by atoms with Crippen molar-refractivity contribution in [3.05, 3.63) is 132 Å². The molecule has 3 aliphatic rings. The summed E-state index contributed by atoms with van der Waals surface area (Å²) in [6.07, 6.45) is -0.0124. The maximum atomic E-state index is 15.2. The molecular formula is C57H54N12O9S5. The van der Waals surface area contributed by atoms with Gasteiger partial charge in [-0.25, -0.2) is 29.9 Å². The van der Waals surface area contributed by atoms with Gasteiger partial charge in [-0.15, -0.1) is 57.1 Å². The molecule has 10 bridgehead atoms. The molecule has 0 radical (unpaired) electrons. The zero-order chi connectivity index (χ0) is 58.2. The number of nitrogens with two attached hydrogens (primary N) is 2. The number of aliphatic imine (C=N–C) groups is 1. The average molecular weight is 1210 g/mol. The number of aromatic nitrogens is 6. The van der Waals surface area contributed by atoms with Crippen LogP contribution >= 0.6 is 57.1 Å². The van der Waals surface area contributed by atoms with E-state index in [-0.39, 0.29) is 87.8 Å². The Kier molecular flexibility index (Phi) is 16.6. The largest absolute Gasteiger partial charge is 0.508 e. The Morgan fingerprint density at radius 1 is 0.735 bits per heavy atom. The van der Waals surface area contributed by atoms with Crippen LogP contribution in [0.25, 0.3) is 44.2 Å². The van der Waals surface area contributed by atoms with Crippen LogP contribution in [0.1, 0.15) is 110 Å². The average Bonchev–Trinajstić information content (AvgIpc) is 2.91. The van der Waals surface area contributed by atoms with Gasteiger partial charge in [0.25, 0.3) is 11.8 Å². The number of nitrogens with zero attached hydrogens (tertiary/aromatic N) is 8. The second-order valence-electron chi connectivity index (χ2n) is 20.5. The molecule has 0 spiro atoms. The first-order valence-corrected chi connectivity index (χ1v) is 31.1. The number of oxazole rings is 1. The summed E-state index contributed by atoms with van der Waals surface area (Å²) >= 11 is 6.26. The number of thioether (sulfide) groups is 1. The van der Waals surface area contributed by atoms with Crippen LogP contribution in [0.15, 0.2) is 97.7 Å². The van der Waals surface area contributed by atoms with E-state index in [0.717, 1.165) is 28.2 Å². The molecule has 21 nitrogen and oxygen atoms in total. The molecule has 83 heavy (non-hydrogen) atoms. The molecule has 2 aromatic carbocycles. The van der Waals surface area contributed by atoms with Gasteiger partial charge in [0.2, 0.25) is 23.6 Å². The Balaban J connectivity index is 1.01. The lowest BCUT2D eigenvalue weighted by Gasteiger charge is -2.32. The number of carbonyl (C=O) groups is 6. The van der Waals surface area contributed by atoms with E-state index in [2.05, 4.69) is 20.6 Å². The number of amides is 5. The molecule has 3 aliphatic heterocycles. The summed E-state index contributed by atoms with van der Waals surface area (Å²) in [5, 5.41) is 36.9. The smallest absolute Gasteiger partial charge is 0.274 e. The molecule has 5 amide bonds. The van der Waals surface area contributed by atoms with E-state index in [1.165, 1.54) is 56.8 Å². The first-order valence-electron chi connectivity index (χ1n) is 26.6. The number of hydrogen-bond acceptors (Lipinski definition) is 21. The van der Waals surface area contributed by atoms with Crippen LogP contribution in [0.4, 0.5) is 0 Å².